The van der Waals surface area contributed by atoms with Gasteiger partial charge in [-0.15, -0.1) is 0 Å². The van der Waals surface area contributed by atoms with Crippen molar-refractivity contribution in [3.63, 3.8) is 0 Å². The molecule has 34 heavy (non-hydrogen) atoms. The zero-order valence-corrected chi connectivity index (χ0v) is 18.5. The lowest BCUT2D eigenvalue weighted by molar-refractivity contribution is -0.394. The summed E-state index contributed by atoms with van der Waals surface area (Å²) in [6.07, 6.45) is 1.20. The Balaban J connectivity index is 1.97. The Hall–Kier alpha value is -4.63. The average molecular weight is 527 g/mol. The molecule has 1 N–H and O–H groups in total. The van der Waals surface area contributed by atoms with Gasteiger partial charge in [0, 0.05) is 21.8 Å². The van der Waals surface area contributed by atoms with Crippen molar-refractivity contribution in [2.24, 2.45) is 0 Å². The SMILES string of the molecule is N#C/C(=C\c1cc(Br)ccc1Oc1ccc([N+](=O)[O-])cc1[N+](=O)[O-])C(=O)Nc1ccc(F)cc1. The van der Waals surface area contributed by atoms with Gasteiger partial charge in [0.05, 0.1) is 15.9 Å². The number of halogens is 2. The van der Waals surface area contributed by atoms with E-state index in [9.17, 15) is 34.7 Å². The molecule has 0 aromatic heterocycles. The highest BCUT2D eigenvalue weighted by molar-refractivity contribution is 9.10. The number of amides is 1. The summed E-state index contributed by atoms with van der Waals surface area (Å²) in [4.78, 5) is 33.3. The largest absolute Gasteiger partial charge is 0.449 e. The minimum absolute atomic E-state index is 0.0440. The summed E-state index contributed by atoms with van der Waals surface area (Å²) < 4.78 is 19.3. The monoisotopic (exact) mass is 526 g/mol. The maximum Gasteiger partial charge on any atom is 0.318 e. The van der Waals surface area contributed by atoms with Gasteiger partial charge < -0.3 is 10.1 Å². The number of carbonyl (C=O) groups is 1. The molecule has 3 aromatic rings. The lowest BCUT2D eigenvalue weighted by atomic mass is 10.1. The topological polar surface area (TPSA) is 148 Å². The van der Waals surface area contributed by atoms with Crippen LogP contribution in [-0.2, 0) is 4.79 Å². The van der Waals surface area contributed by atoms with Crippen molar-refractivity contribution in [3.8, 4) is 17.6 Å². The molecule has 0 bridgehead atoms. The molecule has 12 heteroatoms. The van der Waals surface area contributed by atoms with E-state index in [4.69, 9.17) is 4.74 Å². The highest BCUT2D eigenvalue weighted by atomic mass is 79.9. The van der Waals surface area contributed by atoms with Gasteiger partial charge in [0.25, 0.3) is 11.6 Å². The van der Waals surface area contributed by atoms with Crippen molar-refractivity contribution in [3.05, 3.63) is 102 Å². The first-order valence-corrected chi connectivity index (χ1v) is 10.1. The van der Waals surface area contributed by atoms with E-state index in [2.05, 4.69) is 21.2 Å². The van der Waals surface area contributed by atoms with E-state index in [1.54, 1.807) is 12.1 Å². The lowest BCUT2D eigenvalue weighted by Crippen LogP contribution is -2.13. The second kappa shape index (κ2) is 10.3. The Morgan fingerprint density at radius 1 is 1.03 bits per heavy atom. The molecule has 0 saturated heterocycles. The van der Waals surface area contributed by atoms with Crippen LogP contribution in [0.5, 0.6) is 11.5 Å². The third kappa shape index (κ3) is 5.78. The van der Waals surface area contributed by atoms with Gasteiger partial charge >= 0.3 is 5.69 Å². The van der Waals surface area contributed by atoms with E-state index in [1.165, 1.54) is 30.3 Å². The number of ether oxygens (including phenoxy) is 1. The van der Waals surface area contributed by atoms with Crippen LogP contribution in [-0.4, -0.2) is 15.8 Å². The molecule has 0 heterocycles. The smallest absolute Gasteiger partial charge is 0.318 e. The van der Waals surface area contributed by atoms with Crippen LogP contribution in [0.4, 0.5) is 21.5 Å². The quantitative estimate of drug-likeness (QED) is 0.178. The summed E-state index contributed by atoms with van der Waals surface area (Å²) in [7, 11) is 0. The molecule has 170 valence electrons. The highest BCUT2D eigenvalue weighted by Crippen LogP contribution is 2.37. The molecule has 3 rings (SSSR count). The molecule has 0 unspecified atom stereocenters. The number of nitro groups is 2. The van der Waals surface area contributed by atoms with E-state index in [0.29, 0.717) is 4.47 Å². The number of nitriles is 1. The standard InChI is InChI=1S/C22H12BrFN4O6/c23-15-1-7-20(34-21-8-6-18(27(30)31)11-19(21)28(32)33)13(10-15)9-14(12-25)22(29)26-17-4-2-16(24)3-5-17/h1-11H,(H,26,29)/b14-9+. The Morgan fingerprint density at radius 2 is 1.71 bits per heavy atom. The summed E-state index contributed by atoms with van der Waals surface area (Å²) in [6.45, 7) is 0. The number of nitrogens with zero attached hydrogens (tertiary/aromatic N) is 3. The van der Waals surface area contributed by atoms with Crippen molar-refractivity contribution in [1.82, 2.24) is 0 Å². The van der Waals surface area contributed by atoms with Crippen molar-refractivity contribution in [2.45, 2.75) is 0 Å². The number of nitrogens with one attached hydrogen (secondary N) is 1. The number of non-ortho nitro benzene ring substituents is 1. The molecule has 0 atom stereocenters. The predicted molar refractivity (Wildman–Crippen MR) is 123 cm³/mol. The fraction of sp³-hybridized carbons (Fsp3) is 0. The Bertz CT molecular complexity index is 1370. The molecule has 0 aliphatic carbocycles. The van der Waals surface area contributed by atoms with E-state index in [-0.39, 0.29) is 28.3 Å². The predicted octanol–water partition coefficient (Wildman–Crippen LogP) is 5.74. The molecule has 1 amide bonds. The fourth-order valence-electron chi connectivity index (χ4n) is 2.73. The summed E-state index contributed by atoms with van der Waals surface area (Å²) in [5.41, 5.74) is -0.973. The van der Waals surface area contributed by atoms with E-state index in [0.717, 1.165) is 30.3 Å². The Morgan fingerprint density at radius 3 is 2.32 bits per heavy atom. The zero-order chi connectivity index (χ0) is 24.8. The van der Waals surface area contributed by atoms with Gasteiger partial charge in [0.15, 0.2) is 0 Å². The fourth-order valence-corrected chi connectivity index (χ4v) is 3.11. The molecule has 10 nitrogen and oxygen atoms in total. The maximum atomic E-state index is 13.1. The molecule has 0 radical (unpaired) electrons. The molecule has 0 aliphatic rings. The van der Waals surface area contributed by atoms with Gasteiger partial charge in [-0.05, 0) is 54.6 Å². The van der Waals surface area contributed by atoms with Gasteiger partial charge in [-0.1, -0.05) is 15.9 Å². The number of hydrogen-bond acceptors (Lipinski definition) is 7. The summed E-state index contributed by atoms with van der Waals surface area (Å²) >= 11 is 3.27. The second-order valence-electron chi connectivity index (χ2n) is 6.58. The first-order chi connectivity index (χ1) is 16.2. The highest BCUT2D eigenvalue weighted by Gasteiger charge is 2.22. The number of benzene rings is 3. The van der Waals surface area contributed by atoms with Crippen molar-refractivity contribution in [1.29, 1.82) is 5.26 Å². The normalized spacial score (nSPS) is 10.8. The molecular weight excluding hydrogens is 515 g/mol. The van der Waals surface area contributed by atoms with E-state index >= 15 is 0 Å². The summed E-state index contributed by atoms with van der Waals surface area (Å²) in [5.74, 6) is -1.50. The van der Waals surface area contributed by atoms with Crippen LogP contribution in [0.25, 0.3) is 6.08 Å². The van der Waals surface area contributed by atoms with Gasteiger partial charge in [-0.25, -0.2) is 4.39 Å². The molecular formula is C22H12BrFN4O6. The number of rotatable bonds is 7. The number of hydrogen-bond donors (Lipinski definition) is 1. The molecule has 0 saturated carbocycles. The van der Waals surface area contributed by atoms with Crippen molar-refractivity contribution < 1.29 is 23.8 Å². The van der Waals surface area contributed by atoms with E-state index < -0.39 is 32.9 Å². The van der Waals surface area contributed by atoms with Crippen molar-refractivity contribution in [2.75, 3.05) is 5.32 Å². The Kier molecular flexibility index (Phi) is 7.29. The third-order valence-corrected chi connectivity index (χ3v) is 4.80. The van der Waals surface area contributed by atoms with Crippen LogP contribution < -0.4 is 10.1 Å². The van der Waals surface area contributed by atoms with Crippen LogP contribution >= 0.6 is 15.9 Å². The van der Waals surface area contributed by atoms with Crippen LogP contribution in [0.1, 0.15) is 5.56 Å². The molecule has 3 aromatic carbocycles. The first kappa shape index (κ1) is 24.0. The van der Waals surface area contributed by atoms with Crippen LogP contribution in [0.15, 0.2) is 70.7 Å². The summed E-state index contributed by atoms with van der Waals surface area (Å²) in [5, 5.41) is 34.3. The average Bonchev–Trinajstić information content (AvgIpc) is 2.80. The molecule has 0 aliphatic heterocycles. The summed E-state index contributed by atoms with van der Waals surface area (Å²) in [6, 6.07) is 14.1. The first-order valence-electron chi connectivity index (χ1n) is 9.27. The lowest BCUT2D eigenvalue weighted by Gasteiger charge is -2.10. The molecule has 0 spiro atoms. The van der Waals surface area contributed by atoms with Gasteiger partial charge in [-0.2, -0.15) is 5.26 Å². The van der Waals surface area contributed by atoms with Gasteiger partial charge in [0.2, 0.25) is 5.75 Å². The van der Waals surface area contributed by atoms with Crippen LogP contribution in [0.3, 0.4) is 0 Å². The zero-order valence-electron chi connectivity index (χ0n) is 16.9. The second-order valence-corrected chi connectivity index (χ2v) is 7.50. The minimum atomic E-state index is -0.826. The van der Waals surface area contributed by atoms with Crippen LogP contribution in [0, 0.1) is 37.4 Å². The minimum Gasteiger partial charge on any atom is -0.449 e. The number of carbonyl (C=O) groups excluding carboxylic acids is 1. The number of nitro benzene ring substituents is 2. The van der Waals surface area contributed by atoms with Crippen LogP contribution in [0.2, 0.25) is 0 Å². The van der Waals surface area contributed by atoms with E-state index in [1.807, 2.05) is 0 Å². The van der Waals surface area contributed by atoms with Gasteiger partial charge in [0.1, 0.15) is 23.2 Å². The van der Waals surface area contributed by atoms with Crippen molar-refractivity contribution >= 4 is 45.0 Å². The molecule has 0 fully saturated rings. The Labute approximate surface area is 199 Å². The number of anilines is 1. The maximum absolute atomic E-state index is 13.1. The van der Waals surface area contributed by atoms with Gasteiger partial charge in [-0.3, -0.25) is 25.0 Å². The third-order valence-electron chi connectivity index (χ3n) is 4.31.